The summed E-state index contributed by atoms with van der Waals surface area (Å²) in [5, 5.41) is 9.96. The van der Waals surface area contributed by atoms with E-state index in [1.807, 2.05) is 0 Å². The molecule has 0 aliphatic carbocycles. The highest BCUT2D eigenvalue weighted by molar-refractivity contribution is 7.89. The predicted molar refractivity (Wildman–Crippen MR) is 128 cm³/mol. The first-order valence-electron chi connectivity index (χ1n) is 10.5. The normalized spacial score (nSPS) is 15.4. The van der Waals surface area contributed by atoms with Gasteiger partial charge in [-0.05, 0) is 55.3 Å². The van der Waals surface area contributed by atoms with Crippen molar-refractivity contribution in [3.8, 4) is 0 Å². The van der Waals surface area contributed by atoms with Gasteiger partial charge in [-0.1, -0.05) is 24.6 Å². The first-order valence-corrected chi connectivity index (χ1v) is 13.7. The average molecular weight is 537 g/mol. The lowest BCUT2D eigenvalue weighted by Crippen LogP contribution is -2.47. The lowest BCUT2D eigenvalue weighted by atomic mass is 10.0. The van der Waals surface area contributed by atoms with E-state index in [0.717, 1.165) is 20.7 Å². The van der Waals surface area contributed by atoms with E-state index in [2.05, 4.69) is 0 Å². The van der Waals surface area contributed by atoms with Crippen LogP contribution in [0.2, 0.25) is 5.02 Å². The highest BCUT2D eigenvalue weighted by Crippen LogP contribution is 2.24. The fraction of sp³-hybridized carbons (Fsp3) is 0.455. The smallest absolute Gasteiger partial charge is 0.243 e. The van der Waals surface area contributed by atoms with E-state index >= 15 is 0 Å². The van der Waals surface area contributed by atoms with Crippen molar-refractivity contribution in [1.29, 1.82) is 0 Å². The van der Waals surface area contributed by atoms with E-state index in [4.69, 9.17) is 16.3 Å². The summed E-state index contributed by atoms with van der Waals surface area (Å²) in [5.41, 5.74) is 0. The first kappa shape index (κ1) is 28.6. The number of sulfonamides is 2. The van der Waals surface area contributed by atoms with Gasteiger partial charge in [-0.15, -0.1) is 0 Å². The fourth-order valence-corrected chi connectivity index (χ4v) is 6.60. The van der Waals surface area contributed by atoms with Crippen molar-refractivity contribution in [2.24, 2.45) is 5.92 Å². The second-order valence-electron chi connectivity index (χ2n) is 8.05. The van der Waals surface area contributed by atoms with Gasteiger partial charge in [0, 0.05) is 38.3 Å². The fourth-order valence-electron chi connectivity index (χ4n) is 3.40. The lowest BCUT2D eigenvalue weighted by Gasteiger charge is -2.33. The number of methoxy groups -OCH3 is 1. The number of aliphatic hydroxyl groups is 1. The number of benzene rings is 2. The monoisotopic (exact) mass is 536 g/mol. The van der Waals surface area contributed by atoms with E-state index in [-0.39, 0.29) is 27.9 Å². The Kier molecular flexibility index (Phi) is 10.0. The van der Waals surface area contributed by atoms with Crippen LogP contribution in [0.4, 0.5) is 4.39 Å². The standard InChI is InChI=1S/C22H30ClFN2O6S2/c1-16(13-26(17(2)15-27)34(30,31)21-7-5-6-18(23)12-21)22(32-4)14-25(3)33(28,29)20-10-8-19(24)9-11-20/h5-12,16-17,22,27H,13-15H2,1-4H3/t16-,17+,22+/m1/s1. The molecule has 0 amide bonds. The number of hydrogen-bond acceptors (Lipinski definition) is 6. The van der Waals surface area contributed by atoms with Crippen LogP contribution in [0.15, 0.2) is 58.3 Å². The molecule has 0 saturated carbocycles. The molecule has 1 N–H and O–H groups in total. The molecule has 0 spiro atoms. The maximum absolute atomic E-state index is 13.3. The molecule has 12 heteroatoms. The van der Waals surface area contributed by atoms with Crippen molar-refractivity contribution in [3.63, 3.8) is 0 Å². The average Bonchev–Trinajstić information content (AvgIpc) is 2.80. The summed E-state index contributed by atoms with van der Waals surface area (Å²) in [4.78, 5) is -0.0876. The number of rotatable bonds is 12. The zero-order chi connectivity index (χ0) is 25.7. The third-order valence-corrected chi connectivity index (χ3v) is 9.57. The van der Waals surface area contributed by atoms with Crippen LogP contribution in [0.5, 0.6) is 0 Å². The van der Waals surface area contributed by atoms with E-state index in [1.165, 1.54) is 44.5 Å². The Morgan fingerprint density at radius 3 is 2.15 bits per heavy atom. The number of hydrogen-bond donors (Lipinski definition) is 1. The SMILES string of the molecule is CO[C@@H](CN(C)S(=O)(=O)c1ccc(F)cc1)[C@H](C)CN([C@@H](C)CO)S(=O)(=O)c1cccc(Cl)c1. The van der Waals surface area contributed by atoms with E-state index in [9.17, 15) is 26.3 Å². The summed E-state index contributed by atoms with van der Waals surface area (Å²) < 4.78 is 73.3. The summed E-state index contributed by atoms with van der Waals surface area (Å²) in [7, 11) is -5.15. The Morgan fingerprint density at radius 1 is 1.00 bits per heavy atom. The van der Waals surface area contributed by atoms with Crippen LogP contribution in [0.1, 0.15) is 13.8 Å². The molecule has 0 bridgehead atoms. The van der Waals surface area contributed by atoms with Crippen molar-refractivity contribution in [2.75, 3.05) is 33.9 Å². The van der Waals surface area contributed by atoms with Gasteiger partial charge in [-0.3, -0.25) is 0 Å². The maximum atomic E-state index is 13.3. The molecule has 190 valence electrons. The minimum atomic E-state index is -4.01. The van der Waals surface area contributed by atoms with Crippen LogP contribution < -0.4 is 0 Å². The zero-order valence-electron chi connectivity index (χ0n) is 19.4. The molecule has 2 rings (SSSR count). The number of aliphatic hydroxyl groups excluding tert-OH is 1. The van der Waals surface area contributed by atoms with Gasteiger partial charge in [0.15, 0.2) is 0 Å². The van der Waals surface area contributed by atoms with Gasteiger partial charge in [0.1, 0.15) is 5.82 Å². The van der Waals surface area contributed by atoms with Gasteiger partial charge in [0.05, 0.1) is 22.5 Å². The van der Waals surface area contributed by atoms with Gasteiger partial charge in [0.2, 0.25) is 20.0 Å². The highest BCUT2D eigenvalue weighted by Gasteiger charge is 2.34. The highest BCUT2D eigenvalue weighted by atomic mass is 35.5. The van der Waals surface area contributed by atoms with Crippen molar-refractivity contribution in [1.82, 2.24) is 8.61 Å². The Labute approximate surface area is 206 Å². The number of ether oxygens (including phenoxy) is 1. The molecule has 2 aromatic carbocycles. The van der Waals surface area contributed by atoms with Crippen molar-refractivity contribution in [3.05, 3.63) is 59.4 Å². The van der Waals surface area contributed by atoms with Crippen LogP contribution in [0, 0.1) is 11.7 Å². The third-order valence-electron chi connectivity index (χ3n) is 5.52. The molecule has 0 unspecified atom stereocenters. The molecule has 0 aliphatic heterocycles. The minimum Gasteiger partial charge on any atom is -0.395 e. The van der Waals surface area contributed by atoms with Gasteiger partial charge in [-0.25, -0.2) is 21.2 Å². The van der Waals surface area contributed by atoms with Gasteiger partial charge in [0.25, 0.3) is 0 Å². The molecule has 0 aliphatic rings. The van der Waals surface area contributed by atoms with Crippen LogP contribution in [0.3, 0.4) is 0 Å². The molecule has 0 radical (unpaired) electrons. The molecule has 3 atom stereocenters. The lowest BCUT2D eigenvalue weighted by molar-refractivity contribution is 0.0360. The summed E-state index contributed by atoms with van der Waals surface area (Å²) in [6.45, 7) is 2.78. The second kappa shape index (κ2) is 11.9. The third kappa shape index (κ3) is 6.75. The summed E-state index contributed by atoms with van der Waals surface area (Å²) in [6, 6.07) is 9.55. The van der Waals surface area contributed by atoms with Gasteiger partial charge in [-0.2, -0.15) is 8.61 Å². The molecule has 0 aromatic heterocycles. The largest absolute Gasteiger partial charge is 0.395 e. The van der Waals surface area contributed by atoms with Crippen molar-refractivity contribution >= 4 is 31.6 Å². The number of nitrogens with zero attached hydrogens (tertiary/aromatic N) is 2. The van der Waals surface area contributed by atoms with E-state index in [0.29, 0.717) is 0 Å². The predicted octanol–water partition coefficient (Wildman–Crippen LogP) is 2.82. The molecule has 2 aromatic rings. The molecule has 0 heterocycles. The Balaban J connectivity index is 2.26. The second-order valence-corrected chi connectivity index (χ2v) is 12.4. The zero-order valence-corrected chi connectivity index (χ0v) is 21.8. The van der Waals surface area contributed by atoms with E-state index < -0.39 is 50.5 Å². The maximum Gasteiger partial charge on any atom is 0.243 e. The van der Waals surface area contributed by atoms with Crippen LogP contribution in [-0.2, 0) is 24.8 Å². The molecule has 0 saturated heterocycles. The molecular weight excluding hydrogens is 507 g/mol. The summed E-state index contributed by atoms with van der Waals surface area (Å²) >= 11 is 5.97. The molecular formula is C22H30ClFN2O6S2. The molecule has 0 fully saturated rings. The molecule has 34 heavy (non-hydrogen) atoms. The number of likely N-dealkylation sites (N-methyl/N-ethyl adjacent to an activating group) is 1. The number of halogens is 2. The van der Waals surface area contributed by atoms with Gasteiger partial charge < -0.3 is 9.84 Å². The minimum absolute atomic E-state index is 0.0162. The summed E-state index contributed by atoms with van der Waals surface area (Å²) in [5.74, 6) is -1.01. The van der Waals surface area contributed by atoms with Crippen LogP contribution in [-0.4, -0.2) is 76.6 Å². The molecule has 8 nitrogen and oxygen atoms in total. The first-order chi connectivity index (χ1) is 15.8. The summed E-state index contributed by atoms with van der Waals surface area (Å²) in [6.07, 6.45) is -0.678. The van der Waals surface area contributed by atoms with Gasteiger partial charge >= 0.3 is 0 Å². The topological polar surface area (TPSA) is 104 Å². The van der Waals surface area contributed by atoms with Crippen molar-refractivity contribution < 1.29 is 31.1 Å². The van der Waals surface area contributed by atoms with Crippen LogP contribution >= 0.6 is 11.6 Å². The van der Waals surface area contributed by atoms with E-state index in [1.54, 1.807) is 19.9 Å². The quantitative estimate of drug-likeness (QED) is 0.447. The Morgan fingerprint density at radius 2 is 1.62 bits per heavy atom. The Bertz CT molecular complexity index is 1160. The Hall–Kier alpha value is -1.60. The van der Waals surface area contributed by atoms with Crippen molar-refractivity contribution in [2.45, 2.75) is 35.8 Å². The van der Waals surface area contributed by atoms with Crippen LogP contribution in [0.25, 0.3) is 0 Å².